The molecule has 2 aromatic heterocycles. The van der Waals surface area contributed by atoms with Gasteiger partial charge in [-0.2, -0.15) is 5.10 Å². The maximum atomic E-state index is 11.7. The molecule has 0 aliphatic heterocycles. The molecule has 0 N–H and O–H groups in total. The zero-order chi connectivity index (χ0) is 14.5. The summed E-state index contributed by atoms with van der Waals surface area (Å²) in [7, 11) is 1.86. The van der Waals surface area contributed by atoms with E-state index < -0.39 is 5.97 Å². The first kappa shape index (κ1) is 14.5. The predicted octanol–water partition coefficient (Wildman–Crippen LogP) is 1.17. The van der Waals surface area contributed by atoms with Crippen molar-refractivity contribution in [1.82, 2.24) is 24.8 Å². The lowest BCUT2D eigenvalue weighted by molar-refractivity contribution is 0.0518. The van der Waals surface area contributed by atoms with Gasteiger partial charge in [0.15, 0.2) is 5.69 Å². The number of carbonyl (C=O) groups excluding carboxylic acids is 1. The molecule has 0 aliphatic carbocycles. The van der Waals surface area contributed by atoms with E-state index in [9.17, 15) is 4.79 Å². The SMILES string of the molecule is CCOC(=O)c1nnn(CCc2cnn(C)c2)c1CCl. The highest BCUT2D eigenvalue weighted by molar-refractivity contribution is 6.17. The normalized spacial score (nSPS) is 10.8. The predicted molar refractivity (Wildman–Crippen MR) is 72.4 cm³/mol. The first-order valence-electron chi connectivity index (χ1n) is 6.28. The van der Waals surface area contributed by atoms with Gasteiger partial charge in [0.1, 0.15) is 0 Å². The van der Waals surface area contributed by atoms with Crippen LogP contribution in [0.4, 0.5) is 0 Å². The summed E-state index contributed by atoms with van der Waals surface area (Å²) < 4.78 is 8.29. The van der Waals surface area contributed by atoms with E-state index in [-0.39, 0.29) is 11.6 Å². The molecule has 0 unspecified atom stereocenters. The first-order chi connectivity index (χ1) is 9.65. The van der Waals surface area contributed by atoms with Gasteiger partial charge in [0.2, 0.25) is 0 Å². The number of rotatable bonds is 6. The number of aromatic nitrogens is 5. The number of esters is 1. The summed E-state index contributed by atoms with van der Waals surface area (Å²) in [5.74, 6) is -0.329. The Balaban J connectivity index is 2.10. The molecule has 0 saturated heterocycles. The van der Waals surface area contributed by atoms with Gasteiger partial charge in [-0.1, -0.05) is 5.21 Å². The van der Waals surface area contributed by atoms with Crippen molar-refractivity contribution in [3.8, 4) is 0 Å². The number of hydrogen-bond donors (Lipinski definition) is 0. The average molecular weight is 298 g/mol. The topological polar surface area (TPSA) is 74.8 Å². The van der Waals surface area contributed by atoms with Crippen molar-refractivity contribution in [3.63, 3.8) is 0 Å². The lowest BCUT2D eigenvalue weighted by Crippen LogP contribution is -2.11. The van der Waals surface area contributed by atoms with Crippen LogP contribution in [-0.4, -0.2) is 37.4 Å². The molecule has 8 heteroatoms. The van der Waals surface area contributed by atoms with Gasteiger partial charge in [0.25, 0.3) is 0 Å². The van der Waals surface area contributed by atoms with Gasteiger partial charge in [-0.3, -0.25) is 4.68 Å². The Kier molecular flexibility index (Phi) is 4.73. The fraction of sp³-hybridized carbons (Fsp3) is 0.500. The quantitative estimate of drug-likeness (QED) is 0.591. The molecule has 0 aromatic carbocycles. The van der Waals surface area contributed by atoms with Crippen LogP contribution in [0.2, 0.25) is 0 Å². The molecule has 20 heavy (non-hydrogen) atoms. The van der Waals surface area contributed by atoms with Gasteiger partial charge in [-0.25, -0.2) is 9.48 Å². The minimum atomic E-state index is -0.490. The van der Waals surface area contributed by atoms with Gasteiger partial charge in [-0.05, 0) is 18.9 Å². The zero-order valence-electron chi connectivity index (χ0n) is 11.4. The highest BCUT2D eigenvalue weighted by Crippen LogP contribution is 2.11. The lowest BCUT2D eigenvalue weighted by atomic mass is 10.2. The number of halogens is 1. The van der Waals surface area contributed by atoms with Crippen LogP contribution in [0.5, 0.6) is 0 Å². The third-order valence-corrected chi connectivity index (χ3v) is 3.06. The van der Waals surface area contributed by atoms with Crippen molar-refractivity contribution in [2.45, 2.75) is 25.8 Å². The van der Waals surface area contributed by atoms with E-state index in [4.69, 9.17) is 16.3 Å². The smallest absolute Gasteiger partial charge is 0.360 e. The Labute approximate surface area is 121 Å². The number of hydrogen-bond acceptors (Lipinski definition) is 5. The number of nitrogens with zero attached hydrogens (tertiary/aromatic N) is 5. The van der Waals surface area contributed by atoms with Gasteiger partial charge in [0.05, 0.1) is 24.4 Å². The molecule has 0 saturated carbocycles. The third-order valence-electron chi connectivity index (χ3n) is 2.80. The molecule has 0 fully saturated rings. The molecular formula is C12H16ClN5O2. The molecule has 0 bridgehead atoms. The molecule has 0 amide bonds. The van der Waals surface area contributed by atoms with Crippen molar-refractivity contribution < 1.29 is 9.53 Å². The van der Waals surface area contributed by atoms with E-state index in [1.165, 1.54) is 0 Å². The van der Waals surface area contributed by atoms with E-state index in [1.54, 1.807) is 22.5 Å². The molecule has 2 aromatic rings. The van der Waals surface area contributed by atoms with Crippen LogP contribution in [0.25, 0.3) is 0 Å². The number of alkyl halides is 1. The summed E-state index contributed by atoms with van der Waals surface area (Å²) in [4.78, 5) is 11.7. The summed E-state index contributed by atoms with van der Waals surface area (Å²) in [6.45, 7) is 2.62. The number of aryl methyl sites for hydroxylation is 3. The van der Waals surface area contributed by atoms with Crippen LogP contribution in [0, 0.1) is 0 Å². The Morgan fingerprint density at radius 2 is 2.30 bits per heavy atom. The minimum Gasteiger partial charge on any atom is -0.461 e. The average Bonchev–Trinajstić information content (AvgIpc) is 3.02. The lowest BCUT2D eigenvalue weighted by Gasteiger charge is -2.04. The van der Waals surface area contributed by atoms with E-state index >= 15 is 0 Å². The van der Waals surface area contributed by atoms with Crippen molar-refractivity contribution in [1.29, 1.82) is 0 Å². The molecule has 0 aliphatic rings. The van der Waals surface area contributed by atoms with Crippen molar-refractivity contribution in [2.24, 2.45) is 7.05 Å². The number of carbonyl (C=O) groups is 1. The molecule has 2 heterocycles. The summed E-state index contributed by atoms with van der Waals surface area (Å²) in [5.41, 5.74) is 1.85. The standard InChI is InChI=1S/C12H16ClN5O2/c1-3-20-12(19)11-10(6-13)18(16-15-11)5-4-9-7-14-17(2)8-9/h7-8H,3-6H2,1-2H3. The molecule has 7 nitrogen and oxygen atoms in total. The monoisotopic (exact) mass is 297 g/mol. The van der Waals surface area contributed by atoms with E-state index in [0.29, 0.717) is 18.8 Å². The molecular weight excluding hydrogens is 282 g/mol. The van der Waals surface area contributed by atoms with Gasteiger partial charge >= 0.3 is 5.97 Å². The zero-order valence-corrected chi connectivity index (χ0v) is 12.2. The Morgan fingerprint density at radius 3 is 2.90 bits per heavy atom. The van der Waals surface area contributed by atoms with Crippen LogP contribution in [0.3, 0.4) is 0 Å². The van der Waals surface area contributed by atoms with Gasteiger partial charge in [0, 0.05) is 19.8 Å². The summed E-state index contributed by atoms with van der Waals surface area (Å²) in [5, 5.41) is 11.9. The van der Waals surface area contributed by atoms with Crippen molar-refractivity contribution in [3.05, 3.63) is 29.3 Å². The highest BCUT2D eigenvalue weighted by atomic mass is 35.5. The molecule has 0 radical (unpaired) electrons. The van der Waals surface area contributed by atoms with Crippen LogP contribution in [0.1, 0.15) is 28.7 Å². The second kappa shape index (κ2) is 6.51. The van der Waals surface area contributed by atoms with Crippen molar-refractivity contribution >= 4 is 17.6 Å². The fourth-order valence-corrected chi connectivity index (χ4v) is 2.10. The van der Waals surface area contributed by atoms with Crippen molar-refractivity contribution in [2.75, 3.05) is 6.61 Å². The summed E-state index contributed by atoms with van der Waals surface area (Å²) >= 11 is 5.88. The largest absolute Gasteiger partial charge is 0.461 e. The first-order valence-corrected chi connectivity index (χ1v) is 6.82. The highest BCUT2D eigenvalue weighted by Gasteiger charge is 2.19. The van der Waals surface area contributed by atoms with Gasteiger partial charge < -0.3 is 4.74 Å². The third kappa shape index (κ3) is 3.16. The summed E-state index contributed by atoms with van der Waals surface area (Å²) in [6, 6.07) is 0. The Bertz CT molecular complexity index is 592. The van der Waals surface area contributed by atoms with Gasteiger partial charge in [-0.15, -0.1) is 16.7 Å². The Morgan fingerprint density at radius 1 is 1.50 bits per heavy atom. The molecule has 108 valence electrons. The van der Waals surface area contributed by atoms with Crippen LogP contribution < -0.4 is 0 Å². The van der Waals surface area contributed by atoms with Crippen LogP contribution in [-0.2, 0) is 30.6 Å². The number of ether oxygens (including phenoxy) is 1. The molecule has 0 spiro atoms. The minimum absolute atomic E-state index is 0.161. The fourth-order valence-electron chi connectivity index (χ4n) is 1.84. The molecule has 2 rings (SSSR count). The van der Waals surface area contributed by atoms with E-state index in [0.717, 1.165) is 12.0 Å². The summed E-state index contributed by atoms with van der Waals surface area (Å²) in [6.07, 6.45) is 4.47. The second-order valence-corrected chi connectivity index (χ2v) is 4.50. The van der Waals surface area contributed by atoms with E-state index in [1.807, 2.05) is 13.2 Å². The Hall–Kier alpha value is -1.89. The van der Waals surface area contributed by atoms with E-state index in [2.05, 4.69) is 15.4 Å². The van der Waals surface area contributed by atoms with Crippen LogP contribution in [0.15, 0.2) is 12.4 Å². The second-order valence-electron chi connectivity index (χ2n) is 4.23. The maximum Gasteiger partial charge on any atom is 0.360 e. The maximum absolute atomic E-state index is 11.7. The van der Waals surface area contributed by atoms with Crippen LogP contribution >= 0.6 is 11.6 Å². The molecule has 0 atom stereocenters.